The van der Waals surface area contributed by atoms with Gasteiger partial charge in [-0.15, -0.1) is 0 Å². The lowest BCUT2D eigenvalue weighted by molar-refractivity contribution is -0.383. The topological polar surface area (TPSA) is 70.2 Å². The highest BCUT2D eigenvalue weighted by Gasteiger charge is 2.22. The highest BCUT2D eigenvalue weighted by molar-refractivity contribution is 5.92. The summed E-state index contributed by atoms with van der Waals surface area (Å²) in [5, 5.41) is 16.7. The predicted molar refractivity (Wildman–Crippen MR) is 95.4 cm³/mol. The van der Waals surface area contributed by atoms with Crippen LogP contribution in [0.25, 0.3) is 22.0 Å². The van der Waals surface area contributed by atoms with Crippen LogP contribution >= 0.6 is 0 Å². The standard InChI is InChI=1S/C19H19N3O3/c1-13-5-4-6-14(9-13)15-10-17-16(18(11-15)22(23)24)12-21(20-17)19-7-2-3-8-25-19/h4-6,9-12,19H,2-3,7-8H2,1H3. The molecule has 1 unspecified atom stereocenters. The number of fused-ring (bicyclic) bond motifs is 1. The fraction of sp³-hybridized carbons (Fsp3) is 0.316. The predicted octanol–water partition coefficient (Wildman–Crippen LogP) is 4.62. The largest absolute Gasteiger partial charge is 0.357 e. The van der Waals surface area contributed by atoms with Crippen LogP contribution in [-0.2, 0) is 4.74 Å². The van der Waals surface area contributed by atoms with Crippen molar-refractivity contribution in [2.45, 2.75) is 32.4 Å². The Balaban J connectivity index is 1.85. The zero-order valence-corrected chi connectivity index (χ0v) is 14.0. The molecule has 0 bridgehead atoms. The van der Waals surface area contributed by atoms with Gasteiger partial charge in [-0.2, -0.15) is 5.10 Å². The molecule has 0 saturated carbocycles. The number of benzene rings is 2. The number of aromatic nitrogens is 2. The van der Waals surface area contributed by atoms with Gasteiger partial charge in [-0.05, 0) is 43.4 Å². The molecule has 4 rings (SSSR count). The van der Waals surface area contributed by atoms with Crippen LogP contribution in [0.2, 0.25) is 0 Å². The van der Waals surface area contributed by atoms with Gasteiger partial charge in [0.25, 0.3) is 5.69 Å². The molecular formula is C19H19N3O3. The monoisotopic (exact) mass is 337 g/mol. The van der Waals surface area contributed by atoms with E-state index in [1.807, 2.05) is 37.3 Å². The first-order valence-corrected chi connectivity index (χ1v) is 8.48. The zero-order valence-electron chi connectivity index (χ0n) is 14.0. The molecule has 1 saturated heterocycles. The van der Waals surface area contributed by atoms with Crippen molar-refractivity contribution in [2.24, 2.45) is 0 Å². The van der Waals surface area contributed by atoms with Crippen LogP contribution in [0.15, 0.2) is 42.6 Å². The second-order valence-corrected chi connectivity index (χ2v) is 6.49. The van der Waals surface area contributed by atoms with E-state index in [0.717, 1.165) is 36.0 Å². The second kappa shape index (κ2) is 6.29. The third-order valence-electron chi connectivity index (χ3n) is 4.62. The van der Waals surface area contributed by atoms with Crippen LogP contribution < -0.4 is 0 Å². The Bertz CT molecular complexity index is 942. The molecule has 6 heteroatoms. The first-order chi connectivity index (χ1) is 12.1. The minimum Gasteiger partial charge on any atom is -0.357 e. The zero-order chi connectivity index (χ0) is 17.4. The molecule has 1 aliphatic heterocycles. The van der Waals surface area contributed by atoms with Crippen molar-refractivity contribution in [3.63, 3.8) is 0 Å². The number of rotatable bonds is 3. The molecule has 6 nitrogen and oxygen atoms in total. The van der Waals surface area contributed by atoms with Crippen LogP contribution in [-0.4, -0.2) is 21.3 Å². The van der Waals surface area contributed by atoms with Crippen LogP contribution in [0, 0.1) is 17.0 Å². The van der Waals surface area contributed by atoms with E-state index in [-0.39, 0.29) is 16.8 Å². The van der Waals surface area contributed by atoms with Crippen molar-refractivity contribution in [3.8, 4) is 11.1 Å². The van der Waals surface area contributed by atoms with Crippen molar-refractivity contribution in [3.05, 3.63) is 58.3 Å². The number of hydrogen-bond acceptors (Lipinski definition) is 4. The lowest BCUT2D eigenvalue weighted by atomic mass is 10.0. The number of aryl methyl sites for hydroxylation is 1. The SMILES string of the molecule is Cc1cccc(-c2cc([N+](=O)[O-])c3cn(C4CCCCO4)nc3c2)c1. The Morgan fingerprint density at radius 2 is 2.12 bits per heavy atom. The molecule has 0 N–H and O–H groups in total. The van der Waals surface area contributed by atoms with Crippen LogP contribution in [0.1, 0.15) is 31.1 Å². The third kappa shape index (κ3) is 3.00. The molecule has 0 radical (unpaired) electrons. The number of hydrogen-bond donors (Lipinski definition) is 0. The van der Waals surface area contributed by atoms with Crippen LogP contribution in [0.4, 0.5) is 5.69 Å². The number of ether oxygens (including phenoxy) is 1. The summed E-state index contributed by atoms with van der Waals surface area (Å²) in [7, 11) is 0. The Labute approximate surface area is 145 Å². The highest BCUT2D eigenvalue weighted by Crippen LogP contribution is 2.33. The number of nitrogens with zero attached hydrogens (tertiary/aromatic N) is 3. The molecule has 2 aromatic carbocycles. The molecule has 1 fully saturated rings. The molecule has 0 amide bonds. The fourth-order valence-electron chi connectivity index (χ4n) is 3.35. The summed E-state index contributed by atoms with van der Waals surface area (Å²) in [6.45, 7) is 2.71. The van der Waals surface area contributed by atoms with Gasteiger partial charge in [0.05, 0.1) is 15.8 Å². The average Bonchev–Trinajstić information content (AvgIpc) is 3.05. The first-order valence-electron chi connectivity index (χ1n) is 8.48. The van der Waals surface area contributed by atoms with E-state index in [0.29, 0.717) is 17.5 Å². The van der Waals surface area contributed by atoms with Gasteiger partial charge < -0.3 is 4.74 Å². The smallest absolute Gasteiger partial charge is 0.281 e. The van der Waals surface area contributed by atoms with Gasteiger partial charge in [0.1, 0.15) is 6.23 Å². The molecular weight excluding hydrogens is 318 g/mol. The van der Waals surface area contributed by atoms with Crippen molar-refractivity contribution >= 4 is 16.6 Å². The maximum Gasteiger partial charge on any atom is 0.281 e. The summed E-state index contributed by atoms with van der Waals surface area (Å²) in [6, 6.07) is 11.5. The molecule has 1 atom stereocenters. The first kappa shape index (κ1) is 15.8. The summed E-state index contributed by atoms with van der Waals surface area (Å²) in [6.07, 6.45) is 4.62. The summed E-state index contributed by atoms with van der Waals surface area (Å²) < 4.78 is 7.49. The Morgan fingerprint density at radius 3 is 2.84 bits per heavy atom. The van der Waals surface area contributed by atoms with Crippen LogP contribution in [0.3, 0.4) is 0 Å². The van der Waals surface area contributed by atoms with E-state index in [9.17, 15) is 10.1 Å². The molecule has 2 heterocycles. The molecule has 1 aromatic heterocycles. The van der Waals surface area contributed by atoms with Gasteiger partial charge in [-0.1, -0.05) is 29.8 Å². The Kier molecular flexibility index (Phi) is 3.97. The Morgan fingerprint density at radius 1 is 1.24 bits per heavy atom. The van der Waals surface area contributed by atoms with Gasteiger partial charge in [0, 0.05) is 18.9 Å². The Hall–Kier alpha value is -2.73. The van der Waals surface area contributed by atoms with E-state index in [2.05, 4.69) is 5.10 Å². The lowest BCUT2D eigenvalue weighted by Crippen LogP contribution is -2.18. The van der Waals surface area contributed by atoms with E-state index in [1.165, 1.54) is 0 Å². The van der Waals surface area contributed by atoms with E-state index < -0.39 is 0 Å². The quantitative estimate of drug-likeness (QED) is 0.516. The van der Waals surface area contributed by atoms with Gasteiger partial charge in [0.15, 0.2) is 0 Å². The number of non-ortho nitro benzene ring substituents is 1. The van der Waals surface area contributed by atoms with E-state index >= 15 is 0 Å². The molecule has 128 valence electrons. The summed E-state index contributed by atoms with van der Waals surface area (Å²) >= 11 is 0. The minimum atomic E-state index is -0.338. The van der Waals surface area contributed by atoms with Gasteiger partial charge in [-0.25, -0.2) is 4.68 Å². The summed E-state index contributed by atoms with van der Waals surface area (Å²) in [4.78, 5) is 11.3. The lowest BCUT2D eigenvalue weighted by Gasteiger charge is -2.22. The van der Waals surface area contributed by atoms with Crippen molar-refractivity contribution in [1.29, 1.82) is 0 Å². The molecule has 0 spiro atoms. The normalized spacial score (nSPS) is 17.7. The molecule has 1 aliphatic rings. The fourth-order valence-corrected chi connectivity index (χ4v) is 3.35. The van der Waals surface area contributed by atoms with Crippen molar-refractivity contribution < 1.29 is 9.66 Å². The van der Waals surface area contributed by atoms with Crippen LogP contribution in [0.5, 0.6) is 0 Å². The third-order valence-corrected chi connectivity index (χ3v) is 4.62. The van der Waals surface area contributed by atoms with E-state index in [1.54, 1.807) is 16.9 Å². The molecule has 3 aromatic rings. The minimum absolute atomic E-state index is 0.0797. The maximum atomic E-state index is 11.6. The summed E-state index contributed by atoms with van der Waals surface area (Å²) in [5.41, 5.74) is 3.57. The van der Waals surface area contributed by atoms with Gasteiger partial charge >= 0.3 is 0 Å². The summed E-state index contributed by atoms with van der Waals surface area (Å²) in [5.74, 6) is 0. The molecule has 25 heavy (non-hydrogen) atoms. The second-order valence-electron chi connectivity index (χ2n) is 6.49. The van der Waals surface area contributed by atoms with Gasteiger partial charge in [-0.3, -0.25) is 10.1 Å². The van der Waals surface area contributed by atoms with E-state index in [4.69, 9.17) is 4.74 Å². The maximum absolute atomic E-state index is 11.6. The van der Waals surface area contributed by atoms with Crippen molar-refractivity contribution in [2.75, 3.05) is 6.61 Å². The average molecular weight is 337 g/mol. The van der Waals surface area contributed by atoms with Gasteiger partial charge in [0.2, 0.25) is 0 Å². The molecule has 0 aliphatic carbocycles. The van der Waals surface area contributed by atoms with Crippen molar-refractivity contribution in [1.82, 2.24) is 9.78 Å². The number of nitro groups is 1. The highest BCUT2D eigenvalue weighted by atomic mass is 16.6. The number of nitro benzene ring substituents is 1.